The lowest BCUT2D eigenvalue weighted by Crippen LogP contribution is -2.14. The molecule has 6 nitrogen and oxygen atoms in total. The summed E-state index contributed by atoms with van der Waals surface area (Å²) in [6.45, 7) is 3.63. The lowest BCUT2D eigenvalue weighted by atomic mass is 10.1. The number of furan rings is 1. The van der Waals surface area contributed by atoms with Crippen molar-refractivity contribution in [2.45, 2.75) is 19.5 Å². The van der Waals surface area contributed by atoms with E-state index in [-0.39, 0.29) is 19.0 Å². The zero-order valence-corrected chi connectivity index (χ0v) is 11.7. The summed E-state index contributed by atoms with van der Waals surface area (Å²) >= 11 is 0. The third-order valence-electron chi connectivity index (χ3n) is 2.39. The largest absolute Gasteiger partial charge is 0.468 e. The Morgan fingerprint density at radius 1 is 1.32 bits per heavy atom. The molecule has 0 N–H and O–H groups in total. The highest BCUT2D eigenvalue weighted by Gasteiger charge is 2.44. The summed E-state index contributed by atoms with van der Waals surface area (Å²) in [6.07, 6.45) is 1.39. The molecule has 1 rings (SSSR count). The molecule has 0 spiro atoms. The maximum Gasteiger partial charge on any atom is 0.343 e. The molecule has 0 aliphatic heterocycles. The Kier molecular flexibility index (Phi) is 5.79. The van der Waals surface area contributed by atoms with E-state index in [0.29, 0.717) is 0 Å². The van der Waals surface area contributed by atoms with Crippen molar-refractivity contribution in [2.24, 2.45) is 5.92 Å². The Balaban J connectivity index is 3.26. The molecule has 0 saturated carbocycles. The quantitative estimate of drug-likeness (QED) is 0.712. The molecule has 1 aromatic heterocycles. The van der Waals surface area contributed by atoms with Crippen LogP contribution < -0.4 is 0 Å². The normalized spacial score (nSPS) is 12.9. The topological polar surface area (TPSA) is 96.2 Å². The Morgan fingerprint density at radius 3 is 2.26 bits per heavy atom. The third kappa shape index (κ3) is 3.45. The van der Waals surface area contributed by atoms with Crippen LogP contribution in [0.15, 0.2) is 22.8 Å². The van der Waals surface area contributed by atoms with Crippen molar-refractivity contribution in [1.29, 1.82) is 10.5 Å². The van der Waals surface area contributed by atoms with Crippen LogP contribution in [-0.2, 0) is 13.6 Å². The molecule has 0 aliphatic rings. The van der Waals surface area contributed by atoms with Gasteiger partial charge in [0.25, 0.3) is 0 Å². The first-order valence-corrected chi connectivity index (χ1v) is 7.45. The molecule has 7 heteroatoms. The summed E-state index contributed by atoms with van der Waals surface area (Å²) in [5, 5.41) is 18.1. The average molecular weight is 282 g/mol. The van der Waals surface area contributed by atoms with Crippen LogP contribution in [0.3, 0.4) is 0 Å². The van der Waals surface area contributed by atoms with Crippen molar-refractivity contribution in [3.63, 3.8) is 0 Å². The molecule has 0 aromatic carbocycles. The molecule has 102 valence electrons. The Labute approximate surface area is 112 Å². The molecule has 1 unspecified atom stereocenters. The number of nitrogens with zero attached hydrogens (tertiary/aromatic N) is 2. The van der Waals surface area contributed by atoms with Gasteiger partial charge >= 0.3 is 7.60 Å². The van der Waals surface area contributed by atoms with Gasteiger partial charge in [0.2, 0.25) is 0 Å². The second-order valence-electron chi connectivity index (χ2n) is 3.57. The fraction of sp³-hybridized carbons (Fsp3) is 0.500. The summed E-state index contributed by atoms with van der Waals surface area (Å²) < 4.78 is 28.4. The molecular weight excluding hydrogens is 267 g/mol. The number of rotatable bonds is 7. The molecule has 1 atom stereocenters. The molecule has 0 fully saturated rings. The lowest BCUT2D eigenvalue weighted by molar-refractivity contribution is 0.206. The fourth-order valence-corrected chi connectivity index (χ4v) is 3.76. The fourth-order valence-electron chi connectivity index (χ4n) is 1.69. The van der Waals surface area contributed by atoms with Crippen molar-refractivity contribution in [3.8, 4) is 12.1 Å². The number of hydrogen-bond acceptors (Lipinski definition) is 6. The van der Waals surface area contributed by atoms with Gasteiger partial charge in [-0.3, -0.25) is 4.57 Å². The molecule has 19 heavy (non-hydrogen) atoms. The molecule has 1 aromatic rings. The predicted octanol–water partition coefficient (Wildman–Crippen LogP) is 3.25. The summed E-state index contributed by atoms with van der Waals surface area (Å²) in [7, 11) is -3.65. The predicted molar refractivity (Wildman–Crippen MR) is 67.0 cm³/mol. The Hall–Kier alpha value is -1.59. The van der Waals surface area contributed by atoms with E-state index in [4.69, 9.17) is 24.0 Å². The number of hydrogen-bond donors (Lipinski definition) is 0. The zero-order valence-electron chi connectivity index (χ0n) is 10.8. The monoisotopic (exact) mass is 282 g/mol. The minimum atomic E-state index is -3.65. The van der Waals surface area contributed by atoms with Crippen LogP contribution in [0.2, 0.25) is 0 Å². The molecule has 0 radical (unpaired) electrons. The first-order valence-electron chi connectivity index (χ1n) is 5.84. The highest BCUT2D eigenvalue weighted by atomic mass is 31.2. The lowest BCUT2D eigenvalue weighted by Gasteiger charge is -2.25. The average Bonchev–Trinajstić information content (AvgIpc) is 2.89. The summed E-state index contributed by atoms with van der Waals surface area (Å²) in [6, 6.07) is 6.76. The summed E-state index contributed by atoms with van der Waals surface area (Å²) in [4.78, 5) is 0. The van der Waals surface area contributed by atoms with Crippen LogP contribution in [0.5, 0.6) is 0 Å². The van der Waals surface area contributed by atoms with Crippen molar-refractivity contribution in [2.75, 3.05) is 13.2 Å². The van der Waals surface area contributed by atoms with E-state index in [1.54, 1.807) is 26.0 Å². The van der Waals surface area contributed by atoms with Crippen molar-refractivity contribution in [3.05, 3.63) is 24.2 Å². The maximum atomic E-state index is 12.8. The van der Waals surface area contributed by atoms with Crippen LogP contribution in [-0.4, -0.2) is 13.2 Å². The Bertz CT molecular complexity index is 491. The van der Waals surface area contributed by atoms with Crippen molar-refractivity contribution >= 4 is 7.60 Å². The van der Waals surface area contributed by atoms with Crippen LogP contribution in [0, 0.1) is 28.6 Å². The van der Waals surface area contributed by atoms with Gasteiger partial charge < -0.3 is 13.5 Å². The van der Waals surface area contributed by atoms with E-state index >= 15 is 0 Å². The van der Waals surface area contributed by atoms with Gasteiger partial charge in [-0.05, 0) is 26.0 Å². The molecule has 0 bridgehead atoms. The van der Waals surface area contributed by atoms with Gasteiger partial charge in [-0.25, -0.2) is 0 Å². The molecule has 0 saturated heterocycles. The van der Waals surface area contributed by atoms with Gasteiger partial charge in [0.05, 0.1) is 31.6 Å². The number of nitriles is 2. The zero-order chi connectivity index (χ0) is 14.3. The van der Waals surface area contributed by atoms with Gasteiger partial charge in [-0.2, -0.15) is 10.5 Å². The van der Waals surface area contributed by atoms with Gasteiger partial charge in [-0.15, -0.1) is 0 Å². The standard InChI is InChI=1S/C12H15N2O4P/c1-3-17-19(15,18-4-2)12(10(8-13)9-14)11-6-5-7-16-11/h5-7,10,12H,3-4H2,1-2H3. The van der Waals surface area contributed by atoms with Crippen LogP contribution in [0.4, 0.5) is 0 Å². The van der Waals surface area contributed by atoms with Crippen molar-refractivity contribution in [1.82, 2.24) is 0 Å². The Morgan fingerprint density at radius 2 is 1.89 bits per heavy atom. The van der Waals surface area contributed by atoms with Crippen LogP contribution in [0.1, 0.15) is 25.3 Å². The molecule has 1 heterocycles. The SMILES string of the molecule is CCOP(=O)(OCC)C(c1ccco1)C(C#N)C#N. The second kappa shape index (κ2) is 7.11. The van der Waals surface area contributed by atoms with E-state index in [2.05, 4.69) is 0 Å². The highest BCUT2D eigenvalue weighted by Crippen LogP contribution is 2.63. The van der Waals surface area contributed by atoms with E-state index in [1.807, 2.05) is 12.1 Å². The van der Waals surface area contributed by atoms with E-state index in [9.17, 15) is 4.57 Å². The van der Waals surface area contributed by atoms with Gasteiger partial charge in [0.15, 0.2) is 5.92 Å². The van der Waals surface area contributed by atoms with Gasteiger partial charge in [-0.1, -0.05) is 0 Å². The second-order valence-corrected chi connectivity index (χ2v) is 5.72. The minimum Gasteiger partial charge on any atom is -0.468 e. The highest BCUT2D eigenvalue weighted by molar-refractivity contribution is 7.54. The van der Waals surface area contributed by atoms with E-state index in [1.165, 1.54) is 6.26 Å². The minimum absolute atomic E-state index is 0.151. The van der Waals surface area contributed by atoms with Crippen molar-refractivity contribution < 1.29 is 18.0 Å². The molecular formula is C12H15N2O4P. The summed E-state index contributed by atoms with van der Waals surface area (Å²) in [5.41, 5.74) is -1.04. The molecule has 0 amide bonds. The maximum absolute atomic E-state index is 12.8. The van der Waals surface area contributed by atoms with Gasteiger partial charge in [0.1, 0.15) is 11.4 Å². The first-order chi connectivity index (χ1) is 9.12. The summed E-state index contributed by atoms with van der Waals surface area (Å²) in [5.74, 6) is -0.923. The van der Waals surface area contributed by atoms with E-state index < -0.39 is 19.2 Å². The van der Waals surface area contributed by atoms with Gasteiger partial charge in [0, 0.05) is 0 Å². The first kappa shape index (κ1) is 15.5. The van der Waals surface area contributed by atoms with E-state index in [0.717, 1.165) is 0 Å². The van der Waals surface area contributed by atoms with Crippen LogP contribution >= 0.6 is 7.60 Å². The third-order valence-corrected chi connectivity index (χ3v) is 4.86. The van der Waals surface area contributed by atoms with Crippen LogP contribution in [0.25, 0.3) is 0 Å². The molecule has 0 aliphatic carbocycles. The smallest absolute Gasteiger partial charge is 0.343 e.